The maximum Gasteiger partial charge on any atom is 0.0715 e. The fourth-order valence-electron chi connectivity index (χ4n) is 1.05. The first-order valence-electron chi connectivity index (χ1n) is 3.72. The number of hydrogen-bond acceptors (Lipinski definition) is 2. The average molecular weight is 139 g/mol. The Balaban J connectivity index is 2.31. The van der Waals surface area contributed by atoms with Crippen LogP contribution >= 0.6 is 0 Å². The molecule has 0 spiro atoms. The van der Waals surface area contributed by atoms with Gasteiger partial charge in [-0.15, -0.1) is 5.92 Å². The van der Waals surface area contributed by atoms with Gasteiger partial charge in [0.25, 0.3) is 0 Å². The van der Waals surface area contributed by atoms with Crippen LogP contribution in [0.1, 0.15) is 19.8 Å². The van der Waals surface area contributed by atoms with Gasteiger partial charge in [-0.1, -0.05) is 12.8 Å². The van der Waals surface area contributed by atoms with E-state index in [0.717, 1.165) is 12.8 Å². The molecule has 0 aromatic rings. The molecular formula is C8H13NO. The molecule has 2 heteroatoms. The fourth-order valence-corrected chi connectivity index (χ4v) is 1.05. The summed E-state index contributed by atoms with van der Waals surface area (Å²) in [6.07, 6.45) is 1.50. The Kier molecular flexibility index (Phi) is 2.73. The lowest BCUT2D eigenvalue weighted by molar-refractivity contribution is 0.195. The van der Waals surface area contributed by atoms with Crippen LogP contribution in [0.25, 0.3) is 0 Å². The van der Waals surface area contributed by atoms with Crippen LogP contribution in [0.4, 0.5) is 0 Å². The van der Waals surface area contributed by atoms with Gasteiger partial charge in [0, 0.05) is 19.4 Å². The zero-order valence-electron chi connectivity index (χ0n) is 6.22. The predicted molar refractivity (Wildman–Crippen MR) is 40.5 cm³/mol. The third kappa shape index (κ3) is 2.02. The molecule has 0 aliphatic carbocycles. The van der Waals surface area contributed by atoms with Gasteiger partial charge >= 0.3 is 0 Å². The molecule has 2 nitrogen and oxygen atoms in total. The Morgan fingerprint density at radius 3 is 3.00 bits per heavy atom. The number of aliphatic hydroxyl groups is 1. The maximum absolute atomic E-state index is 9.07. The fraction of sp³-hybridized carbons (Fsp3) is 0.750. The molecule has 1 aliphatic heterocycles. The lowest BCUT2D eigenvalue weighted by Crippen LogP contribution is -2.19. The second-order valence-corrected chi connectivity index (χ2v) is 2.53. The van der Waals surface area contributed by atoms with Crippen LogP contribution in [0.15, 0.2) is 0 Å². The number of hydrogen-bond donors (Lipinski definition) is 2. The van der Waals surface area contributed by atoms with Gasteiger partial charge in [-0.05, 0) is 0 Å². The molecule has 10 heavy (non-hydrogen) atoms. The van der Waals surface area contributed by atoms with Gasteiger partial charge in [0.15, 0.2) is 0 Å². The molecular weight excluding hydrogens is 126 g/mol. The van der Waals surface area contributed by atoms with Crippen molar-refractivity contribution >= 4 is 0 Å². The van der Waals surface area contributed by atoms with E-state index in [1.807, 2.05) is 6.92 Å². The van der Waals surface area contributed by atoms with Gasteiger partial charge < -0.3 is 10.4 Å². The summed E-state index contributed by atoms with van der Waals surface area (Å²) in [5.41, 5.74) is 0. The van der Waals surface area contributed by atoms with Crippen LogP contribution in [0, 0.1) is 11.8 Å². The molecule has 1 aliphatic rings. The molecule has 0 radical (unpaired) electrons. The second kappa shape index (κ2) is 3.60. The van der Waals surface area contributed by atoms with E-state index in [0.29, 0.717) is 6.54 Å². The number of β-amino-alcohol motifs (C(OH)–C–C–N with tert-alkyl or cyclic N) is 1. The zero-order valence-corrected chi connectivity index (χ0v) is 6.22. The Morgan fingerprint density at radius 2 is 2.50 bits per heavy atom. The molecule has 2 N–H and O–H groups in total. The first-order chi connectivity index (χ1) is 4.83. The standard InChI is InChI=1S/C8H13NO/c1-2-3-4-7-5-8(10)6-9-7/h7-10H,2,5-6H2,1H3/t7-,8-/m1/s1. The third-order valence-corrected chi connectivity index (χ3v) is 1.56. The maximum atomic E-state index is 9.07. The molecule has 56 valence electrons. The van der Waals surface area contributed by atoms with Gasteiger partial charge in [0.05, 0.1) is 12.1 Å². The van der Waals surface area contributed by atoms with E-state index in [-0.39, 0.29) is 12.1 Å². The van der Waals surface area contributed by atoms with Crippen molar-refractivity contribution in [2.75, 3.05) is 6.54 Å². The highest BCUT2D eigenvalue weighted by Crippen LogP contribution is 2.04. The lowest BCUT2D eigenvalue weighted by atomic mass is 10.2. The van der Waals surface area contributed by atoms with Crippen molar-refractivity contribution in [2.24, 2.45) is 0 Å². The summed E-state index contributed by atoms with van der Waals surface area (Å²) in [4.78, 5) is 0. The molecule has 2 atom stereocenters. The van der Waals surface area contributed by atoms with E-state index < -0.39 is 0 Å². The Hall–Kier alpha value is -0.520. The summed E-state index contributed by atoms with van der Waals surface area (Å²) >= 11 is 0. The predicted octanol–water partition coefficient (Wildman–Crippen LogP) is 0.123. The van der Waals surface area contributed by atoms with E-state index >= 15 is 0 Å². The van der Waals surface area contributed by atoms with Gasteiger partial charge in [0.2, 0.25) is 0 Å². The van der Waals surface area contributed by atoms with Crippen LogP contribution in [0.3, 0.4) is 0 Å². The molecule has 1 heterocycles. The first kappa shape index (κ1) is 7.59. The van der Waals surface area contributed by atoms with Crippen molar-refractivity contribution < 1.29 is 5.11 Å². The smallest absolute Gasteiger partial charge is 0.0715 e. The van der Waals surface area contributed by atoms with Crippen LogP contribution in [-0.2, 0) is 0 Å². The molecule has 1 fully saturated rings. The Morgan fingerprint density at radius 1 is 1.70 bits per heavy atom. The molecule has 0 bridgehead atoms. The van der Waals surface area contributed by atoms with E-state index in [2.05, 4.69) is 17.2 Å². The quantitative estimate of drug-likeness (QED) is 0.467. The van der Waals surface area contributed by atoms with Crippen molar-refractivity contribution in [3.8, 4) is 11.8 Å². The minimum atomic E-state index is -0.184. The second-order valence-electron chi connectivity index (χ2n) is 2.53. The van der Waals surface area contributed by atoms with Gasteiger partial charge in [0.1, 0.15) is 0 Å². The normalized spacial score (nSPS) is 31.4. The van der Waals surface area contributed by atoms with E-state index in [1.54, 1.807) is 0 Å². The average Bonchev–Trinajstić information content (AvgIpc) is 2.31. The van der Waals surface area contributed by atoms with Crippen molar-refractivity contribution in [3.05, 3.63) is 0 Å². The van der Waals surface area contributed by atoms with Crippen molar-refractivity contribution in [1.29, 1.82) is 0 Å². The van der Waals surface area contributed by atoms with Crippen LogP contribution in [-0.4, -0.2) is 23.8 Å². The molecule has 0 saturated carbocycles. The van der Waals surface area contributed by atoms with Crippen molar-refractivity contribution in [2.45, 2.75) is 31.9 Å². The molecule has 1 rings (SSSR count). The first-order valence-corrected chi connectivity index (χ1v) is 3.72. The van der Waals surface area contributed by atoms with E-state index in [1.165, 1.54) is 0 Å². The summed E-state index contributed by atoms with van der Waals surface area (Å²) < 4.78 is 0. The summed E-state index contributed by atoms with van der Waals surface area (Å²) in [5.74, 6) is 6.03. The van der Waals surface area contributed by atoms with Gasteiger partial charge in [-0.3, -0.25) is 0 Å². The third-order valence-electron chi connectivity index (χ3n) is 1.56. The minimum Gasteiger partial charge on any atom is -0.392 e. The number of aliphatic hydroxyl groups excluding tert-OH is 1. The summed E-state index contributed by atoms with van der Waals surface area (Å²) in [6, 6.07) is 0.231. The van der Waals surface area contributed by atoms with Crippen molar-refractivity contribution in [3.63, 3.8) is 0 Å². The van der Waals surface area contributed by atoms with E-state index in [4.69, 9.17) is 5.11 Å². The van der Waals surface area contributed by atoms with E-state index in [9.17, 15) is 0 Å². The van der Waals surface area contributed by atoms with Gasteiger partial charge in [-0.25, -0.2) is 0 Å². The minimum absolute atomic E-state index is 0.184. The topological polar surface area (TPSA) is 32.3 Å². The number of nitrogens with one attached hydrogen (secondary N) is 1. The SMILES string of the molecule is CCC#C[C@@H]1C[C@@H](O)CN1. The highest BCUT2D eigenvalue weighted by molar-refractivity contribution is 5.10. The van der Waals surface area contributed by atoms with Crippen molar-refractivity contribution in [1.82, 2.24) is 5.32 Å². The highest BCUT2D eigenvalue weighted by atomic mass is 16.3. The molecule has 0 aromatic carbocycles. The molecule has 0 amide bonds. The van der Waals surface area contributed by atoms with Crippen LogP contribution in [0.5, 0.6) is 0 Å². The van der Waals surface area contributed by atoms with Crippen LogP contribution in [0.2, 0.25) is 0 Å². The number of rotatable bonds is 0. The summed E-state index contributed by atoms with van der Waals surface area (Å²) in [7, 11) is 0. The largest absolute Gasteiger partial charge is 0.392 e. The molecule has 0 aromatic heterocycles. The summed E-state index contributed by atoms with van der Waals surface area (Å²) in [6.45, 7) is 2.72. The van der Waals surface area contributed by atoms with Crippen LogP contribution < -0.4 is 5.32 Å². The summed E-state index contributed by atoms with van der Waals surface area (Å²) in [5, 5.41) is 12.2. The zero-order chi connectivity index (χ0) is 7.40. The Labute approximate surface area is 61.6 Å². The monoisotopic (exact) mass is 139 g/mol. The molecule has 1 saturated heterocycles. The van der Waals surface area contributed by atoms with Gasteiger partial charge in [-0.2, -0.15) is 0 Å². The lowest BCUT2D eigenvalue weighted by Gasteiger charge is -1.96. The highest BCUT2D eigenvalue weighted by Gasteiger charge is 2.19. The molecule has 0 unspecified atom stereocenters. The Bertz CT molecular complexity index is 156.